The van der Waals surface area contributed by atoms with Gasteiger partial charge in [0, 0.05) is 15.7 Å². The van der Waals surface area contributed by atoms with Crippen molar-refractivity contribution in [1.82, 2.24) is 10.2 Å². The Hall–Kier alpha value is -3.14. The van der Waals surface area contributed by atoms with Gasteiger partial charge in [0.1, 0.15) is 4.92 Å². The fraction of sp³-hybridized carbons (Fsp3) is 0.188. The molecule has 0 saturated heterocycles. The van der Waals surface area contributed by atoms with Crippen molar-refractivity contribution >= 4 is 29.6 Å². The van der Waals surface area contributed by atoms with E-state index in [1.54, 1.807) is 11.8 Å². The number of carbonyl (C=O) groups excluding carboxylic acids is 1. The first-order valence-electron chi connectivity index (χ1n) is 7.58. The maximum absolute atomic E-state index is 12.0. The normalized spacial score (nSPS) is 10.9. The summed E-state index contributed by atoms with van der Waals surface area (Å²) >= 11 is 1.74. The minimum atomic E-state index is -0.733. The molecule has 0 atom stereocenters. The number of nitro groups is 1. The number of nitrogens with zero attached hydrogens (tertiary/aromatic N) is 3. The van der Waals surface area contributed by atoms with E-state index in [1.165, 1.54) is 6.07 Å². The van der Waals surface area contributed by atoms with Crippen LogP contribution in [0.25, 0.3) is 11.5 Å². The molecule has 0 unspecified atom stereocenters. The molecule has 10 heteroatoms. The van der Waals surface area contributed by atoms with Crippen LogP contribution < -0.4 is 5.32 Å². The third-order valence-corrected chi connectivity index (χ3v) is 4.13. The molecule has 0 saturated carbocycles. The van der Waals surface area contributed by atoms with Gasteiger partial charge in [0.05, 0.1) is 6.07 Å². The third-order valence-electron chi connectivity index (χ3n) is 3.11. The highest BCUT2D eigenvalue weighted by Crippen LogP contribution is 2.27. The van der Waals surface area contributed by atoms with Crippen molar-refractivity contribution in [3.05, 3.63) is 52.3 Å². The molecule has 2 heterocycles. The van der Waals surface area contributed by atoms with Crippen LogP contribution in [0.4, 0.5) is 11.9 Å². The second-order valence-electron chi connectivity index (χ2n) is 5.45. The number of furan rings is 1. The summed E-state index contributed by atoms with van der Waals surface area (Å²) in [7, 11) is 0. The Bertz CT molecular complexity index is 932. The van der Waals surface area contributed by atoms with Gasteiger partial charge in [-0.3, -0.25) is 20.2 Å². The number of aromatic nitrogens is 2. The summed E-state index contributed by atoms with van der Waals surface area (Å²) in [6.45, 7) is 4.22. The summed E-state index contributed by atoms with van der Waals surface area (Å²) < 4.78 is 10.2. The van der Waals surface area contributed by atoms with Crippen LogP contribution in [0.2, 0.25) is 0 Å². The maximum Gasteiger partial charge on any atom is 0.433 e. The largest absolute Gasteiger partial charge is 0.433 e. The van der Waals surface area contributed by atoms with Crippen molar-refractivity contribution in [2.75, 3.05) is 5.32 Å². The first kappa shape index (κ1) is 17.7. The topological polar surface area (TPSA) is 124 Å². The highest BCUT2D eigenvalue weighted by molar-refractivity contribution is 7.99. The molecule has 0 radical (unpaired) electrons. The number of amides is 1. The van der Waals surface area contributed by atoms with Crippen LogP contribution in [0.15, 0.2) is 50.1 Å². The number of hydrogen-bond acceptors (Lipinski definition) is 8. The number of thioether (sulfide) groups is 1. The lowest BCUT2D eigenvalue weighted by Crippen LogP contribution is -2.11. The number of hydrogen-bond donors (Lipinski definition) is 1. The van der Waals surface area contributed by atoms with Crippen molar-refractivity contribution in [2.24, 2.45) is 0 Å². The van der Waals surface area contributed by atoms with Gasteiger partial charge >= 0.3 is 11.9 Å². The summed E-state index contributed by atoms with van der Waals surface area (Å²) in [5.41, 5.74) is 0.708. The van der Waals surface area contributed by atoms with Gasteiger partial charge in [-0.05, 0) is 30.3 Å². The van der Waals surface area contributed by atoms with Crippen LogP contribution in [0, 0.1) is 10.1 Å². The number of benzene rings is 1. The standard InChI is InChI=1S/C16H14N4O5S/c1-9(2)26-11-5-3-10(4-6-11)15-18-19-16(25-15)17-14(21)12-7-8-13(24-12)20(22)23/h3-9H,1-2H3,(H,17,19,21). The molecule has 0 fully saturated rings. The molecule has 0 bridgehead atoms. The lowest BCUT2D eigenvalue weighted by molar-refractivity contribution is -0.402. The second-order valence-corrected chi connectivity index (χ2v) is 7.10. The highest BCUT2D eigenvalue weighted by atomic mass is 32.2. The lowest BCUT2D eigenvalue weighted by Gasteiger charge is -2.04. The SMILES string of the molecule is CC(C)Sc1ccc(-c2nnc(NC(=O)c3ccc([N+](=O)[O-])o3)o2)cc1. The van der Waals surface area contributed by atoms with Crippen molar-refractivity contribution in [3.8, 4) is 11.5 Å². The van der Waals surface area contributed by atoms with Gasteiger partial charge in [-0.15, -0.1) is 16.9 Å². The molecule has 0 aliphatic rings. The molecular formula is C16H14N4O5S. The van der Waals surface area contributed by atoms with Gasteiger partial charge in [0.2, 0.25) is 5.89 Å². The molecule has 0 aliphatic carbocycles. The zero-order valence-corrected chi connectivity index (χ0v) is 14.6. The summed E-state index contributed by atoms with van der Waals surface area (Å²) in [4.78, 5) is 22.9. The third kappa shape index (κ3) is 4.09. The van der Waals surface area contributed by atoms with E-state index in [9.17, 15) is 14.9 Å². The maximum atomic E-state index is 12.0. The van der Waals surface area contributed by atoms with E-state index in [1.807, 2.05) is 24.3 Å². The smallest absolute Gasteiger partial charge is 0.403 e. The Balaban J connectivity index is 1.69. The molecule has 0 aliphatic heterocycles. The minimum absolute atomic E-state index is 0.135. The van der Waals surface area contributed by atoms with E-state index in [-0.39, 0.29) is 17.7 Å². The predicted octanol–water partition coefficient (Wildman–Crippen LogP) is 3.99. The van der Waals surface area contributed by atoms with Crippen molar-refractivity contribution in [2.45, 2.75) is 24.0 Å². The average molecular weight is 374 g/mol. The Kier molecular flexibility index (Phi) is 5.03. The second kappa shape index (κ2) is 7.40. The van der Waals surface area contributed by atoms with Gasteiger partial charge in [-0.2, -0.15) is 0 Å². The quantitative estimate of drug-likeness (QED) is 0.390. The van der Waals surface area contributed by atoms with Gasteiger partial charge in [-0.1, -0.05) is 18.9 Å². The van der Waals surface area contributed by atoms with E-state index in [0.717, 1.165) is 11.0 Å². The van der Waals surface area contributed by atoms with Crippen LogP contribution in [-0.4, -0.2) is 26.3 Å². The molecular weight excluding hydrogens is 360 g/mol. The molecule has 3 rings (SSSR count). The van der Waals surface area contributed by atoms with Crippen molar-refractivity contribution < 1.29 is 18.6 Å². The Morgan fingerprint density at radius 1 is 1.15 bits per heavy atom. The molecule has 9 nitrogen and oxygen atoms in total. The van der Waals surface area contributed by atoms with E-state index in [0.29, 0.717) is 10.8 Å². The monoisotopic (exact) mass is 374 g/mol. The van der Waals surface area contributed by atoms with Gasteiger partial charge in [0.25, 0.3) is 5.91 Å². The van der Waals surface area contributed by atoms with Crippen LogP contribution in [0.3, 0.4) is 0 Å². The van der Waals surface area contributed by atoms with Crippen LogP contribution >= 0.6 is 11.8 Å². The van der Waals surface area contributed by atoms with E-state index < -0.39 is 16.7 Å². The van der Waals surface area contributed by atoms with Crippen LogP contribution in [-0.2, 0) is 0 Å². The summed E-state index contributed by atoms with van der Waals surface area (Å²) in [6, 6.07) is 9.74. The first-order valence-corrected chi connectivity index (χ1v) is 8.46. The Labute approximate surface area is 151 Å². The summed E-state index contributed by atoms with van der Waals surface area (Å²) in [6.07, 6.45) is 0. The molecule has 0 spiro atoms. The van der Waals surface area contributed by atoms with E-state index in [2.05, 4.69) is 29.4 Å². The zero-order valence-electron chi connectivity index (χ0n) is 13.8. The van der Waals surface area contributed by atoms with Crippen molar-refractivity contribution in [1.29, 1.82) is 0 Å². The number of anilines is 1. The molecule has 1 N–H and O–H groups in total. The molecule has 26 heavy (non-hydrogen) atoms. The molecule has 134 valence electrons. The van der Waals surface area contributed by atoms with Gasteiger partial charge in [-0.25, -0.2) is 0 Å². The Morgan fingerprint density at radius 3 is 2.50 bits per heavy atom. The Morgan fingerprint density at radius 2 is 1.88 bits per heavy atom. The fourth-order valence-electron chi connectivity index (χ4n) is 2.05. The van der Waals surface area contributed by atoms with E-state index in [4.69, 9.17) is 8.83 Å². The summed E-state index contributed by atoms with van der Waals surface area (Å²) in [5.74, 6) is -1.24. The zero-order chi connectivity index (χ0) is 18.7. The predicted molar refractivity (Wildman–Crippen MR) is 94.0 cm³/mol. The van der Waals surface area contributed by atoms with Gasteiger partial charge in [0.15, 0.2) is 5.76 Å². The van der Waals surface area contributed by atoms with E-state index >= 15 is 0 Å². The fourth-order valence-corrected chi connectivity index (χ4v) is 2.88. The lowest BCUT2D eigenvalue weighted by atomic mass is 10.2. The molecule has 1 aromatic carbocycles. The molecule has 3 aromatic rings. The number of carbonyl (C=O) groups is 1. The summed E-state index contributed by atoms with van der Waals surface area (Å²) in [5, 5.41) is 21.0. The average Bonchev–Trinajstić information content (AvgIpc) is 3.24. The van der Waals surface area contributed by atoms with Crippen LogP contribution in [0.1, 0.15) is 24.4 Å². The molecule has 1 amide bonds. The van der Waals surface area contributed by atoms with Gasteiger partial charge < -0.3 is 8.83 Å². The van der Waals surface area contributed by atoms with Crippen molar-refractivity contribution in [3.63, 3.8) is 0 Å². The highest BCUT2D eigenvalue weighted by Gasteiger charge is 2.19. The number of rotatable bonds is 6. The van der Waals surface area contributed by atoms with Crippen LogP contribution in [0.5, 0.6) is 0 Å². The minimum Gasteiger partial charge on any atom is -0.403 e. The number of nitrogens with one attached hydrogen (secondary N) is 1. The first-order chi connectivity index (χ1) is 12.4. The molecule has 2 aromatic heterocycles.